The highest BCUT2D eigenvalue weighted by Gasteiger charge is 2.18. The van der Waals surface area contributed by atoms with Gasteiger partial charge < -0.3 is 15.5 Å². The number of carbonyl (C=O) groups is 2. The van der Waals surface area contributed by atoms with E-state index in [0.29, 0.717) is 30.4 Å². The summed E-state index contributed by atoms with van der Waals surface area (Å²) in [5.74, 6) is 0.899. The molecule has 0 heterocycles. The number of benzene rings is 2. The Morgan fingerprint density at radius 2 is 1.42 bits per heavy atom. The number of amides is 2. The van der Waals surface area contributed by atoms with E-state index in [4.69, 9.17) is 0 Å². The van der Waals surface area contributed by atoms with E-state index in [2.05, 4.69) is 68.5 Å². The van der Waals surface area contributed by atoms with Crippen molar-refractivity contribution in [3.8, 4) is 0 Å². The first-order valence-corrected chi connectivity index (χ1v) is 12.2. The van der Waals surface area contributed by atoms with Crippen LogP contribution in [0.15, 0.2) is 42.5 Å². The third-order valence-electron chi connectivity index (χ3n) is 6.09. The molecule has 5 heteroatoms. The van der Waals surface area contributed by atoms with Crippen molar-refractivity contribution in [1.82, 2.24) is 10.6 Å². The quantitative estimate of drug-likeness (QED) is 0.382. The average Bonchev–Trinajstić information content (AvgIpc) is 2.82. The molecule has 0 radical (unpaired) electrons. The number of nitrogens with zero attached hydrogens (tertiary/aromatic N) is 1. The van der Waals surface area contributed by atoms with Crippen molar-refractivity contribution >= 4 is 23.2 Å². The lowest BCUT2D eigenvalue weighted by Gasteiger charge is -2.28. The molecule has 33 heavy (non-hydrogen) atoms. The number of hydrogen-bond donors (Lipinski definition) is 2. The summed E-state index contributed by atoms with van der Waals surface area (Å²) in [4.78, 5) is 26.0. The van der Waals surface area contributed by atoms with Gasteiger partial charge in [0.05, 0.1) is 0 Å². The Morgan fingerprint density at radius 3 is 1.97 bits per heavy atom. The molecule has 0 aromatic heterocycles. The zero-order valence-corrected chi connectivity index (χ0v) is 21.2. The molecule has 5 nitrogen and oxygen atoms in total. The van der Waals surface area contributed by atoms with Crippen LogP contribution in [0, 0.1) is 0 Å². The Kier molecular flexibility index (Phi) is 10.4. The molecule has 0 aliphatic rings. The van der Waals surface area contributed by atoms with Gasteiger partial charge in [-0.2, -0.15) is 0 Å². The number of unbranched alkanes of at least 4 members (excludes halogenated alkanes) is 3. The fourth-order valence-electron chi connectivity index (χ4n) is 4.06. The van der Waals surface area contributed by atoms with Crippen molar-refractivity contribution < 1.29 is 9.59 Å². The van der Waals surface area contributed by atoms with E-state index in [9.17, 15) is 9.59 Å². The smallest absolute Gasteiger partial charge is 0.251 e. The summed E-state index contributed by atoms with van der Waals surface area (Å²) in [5, 5.41) is 5.64. The Bertz CT molecular complexity index is 878. The van der Waals surface area contributed by atoms with E-state index in [-0.39, 0.29) is 11.8 Å². The lowest BCUT2D eigenvalue weighted by atomic mass is 9.92. The van der Waals surface area contributed by atoms with Crippen LogP contribution >= 0.6 is 0 Å². The molecule has 2 aromatic carbocycles. The minimum absolute atomic E-state index is 0.0417. The Hall–Kier alpha value is -2.82. The molecule has 0 atom stereocenters. The molecular formula is C28H41N3O2. The molecule has 2 aromatic rings. The molecule has 2 rings (SSSR count). The molecule has 0 saturated carbocycles. The van der Waals surface area contributed by atoms with Gasteiger partial charge in [-0.15, -0.1) is 0 Å². The van der Waals surface area contributed by atoms with Crippen molar-refractivity contribution in [2.24, 2.45) is 0 Å². The largest absolute Gasteiger partial charge is 0.359 e. The van der Waals surface area contributed by atoms with Crippen LogP contribution in [0.2, 0.25) is 0 Å². The van der Waals surface area contributed by atoms with E-state index in [0.717, 1.165) is 31.4 Å². The predicted molar refractivity (Wildman–Crippen MR) is 139 cm³/mol. The van der Waals surface area contributed by atoms with Crippen LogP contribution in [0.25, 0.3) is 0 Å². The van der Waals surface area contributed by atoms with Gasteiger partial charge in [0.25, 0.3) is 5.91 Å². The second kappa shape index (κ2) is 13.0. The van der Waals surface area contributed by atoms with Crippen molar-refractivity contribution in [2.45, 2.75) is 71.6 Å². The van der Waals surface area contributed by atoms with Crippen LogP contribution in [0.4, 0.5) is 11.4 Å². The summed E-state index contributed by atoms with van der Waals surface area (Å²) >= 11 is 0. The van der Waals surface area contributed by atoms with Crippen molar-refractivity contribution in [3.63, 3.8) is 0 Å². The monoisotopic (exact) mass is 451 g/mol. The summed E-state index contributed by atoms with van der Waals surface area (Å²) in [6, 6.07) is 14.4. The molecule has 0 fully saturated rings. The highest BCUT2D eigenvalue weighted by atomic mass is 16.2. The first-order valence-electron chi connectivity index (χ1n) is 12.2. The van der Waals surface area contributed by atoms with E-state index >= 15 is 0 Å². The molecule has 2 N–H and O–H groups in total. The van der Waals surface area contributed by atoms with Crippen LogP contribution in [0.3, 0.4) is 0 Å². The number of anilines is 2. The van der Waals surface area contributed by atoms with E-state index < -0.39 is 0 Å². The minimum Gasteiger partial charge on any atom is -0.359 e. The molecule has 0 spiro atoms. The zero-order chi connectivity index (χ0) is 24.4. The first kappa shape index (κ1) is 26.4. The van der Waals surface area contributed by atoms with Gasteiger partial charge in [0.1, 0.15) is 0 Å². The lowest BCUT2D eigenvalue weighted by Crippen LogP contribution is -2.24. The second-order valence-corrected chi connectivity index (χ2v) is 9.29. The van der Waals surface area contributed by atoms with Gasteiger partial charge in [0.2, 0.25) is 5.91 Å². The van der Waals surface area contributed by atoms with Gasteiger partial charge in [-0.25, -0.2) is 0 Å². The Morgan fingerprint density at radius 1 is 0.848 bits per heavy atom. The van der Waals surface area contributed by atoms with Crippen molar-refractivity contribution in [2.75, 3.05) is 25.5 Å². The molecule has 0 unspecified atom stereocenters. The Balaban J connectivity index is 1.96. The van der Waals surface area contributed by atoms with Crippen LogP contribution < -0.4 is 15.5 Å². The third-order valence-corrected chi connectivity index (χ3v) is 6.09. The third kappa shape index (κ3) is 7.62. The second-order valence-electron chi connectivity index (χ2n) is 9.29. The predicted octanol–water partition coefficient (Wildman–Crippen LogP) is 6.13. The highest BCUT2D eigenvalue weighted by Crippen LogP contribution is 2.38. The van der Waals surface area contributed by atoms with E-state index in [1.165, 1.54) is 16.8 Å². The zero-order valence-electron chi connectivity index (χ0n) is 21.2. The summed E-state index contributed by atoms with van der Waals surface area (Å²) in [6.45, 7) is 9.57. The lowest BCUT2D eigenvalue weighted by molar-refractivity contribution is -0.120. The topological polar surface area (TPSA) is 61.4 Å². The molecule has 0 aliphatic carbocycles. The number of hydrogen-bond acceptors (Lipinski definition) is 3. The summed E-state index contributed by atoms with van der Waals surface area (Å²) in [5.41, 5.74) is 5.67. The van der Waals surface area contributed by atoms with Crippen LogP contribution in [0.5, 0.6) is 0 Å². The minimum atomic E-state index is -0.0417. The average molecular weight is 452 g/mol. The van der Waals surface area contributed by atoms with Crippen LogP contribution in [-0.4, -0.2) is 32.5 Å². The van der Waals surface area contributed by atoms with Gasteiger partial charge in [-0.3, -0.25) is 9.59 Å². The van der Waals surface area contributed by atoms with Crippen molar-refractivity contribution in [3.05, 3.63) is 59.2 Å². The maximum absolute atomic E-state index is 12.5. The maximum atomic E-state index is 12.5. The number of carbonyl (C=O) groups excluding carboxylic acids is 2. The molecule has 180 valence electrons. The van der Waals surface area contributed by atoms with Gasteiger partial charge in [0, 0.05) is 44.0 Å². The Labute approximate surface area is 200 Å². The van der Waals surface area contributed by atoms with Crippen LogP contribution in [0.1, 0.15) is 93.1 Å². The maximum Gasteiger partial charge on any atom is 0.251 e. The molecule has 0 saturated heterocycles. The number of nitrogens with one attached hydrogen (secondary N) is 2. The van der Waals surface area contributed by atoms with E-state index in [1.807, 2.05) is 24.3 Å². The summed E-state index contributed by atoms with van der Waals surface area (Å²) in [6.07, 6.45) is 4.39. The first-order chi connectivity index (χ1) is 15.8. The molecular weight excluding hydrogens is 410 g/mol. The fourth-order valence-corrected chi connectivity index (χ4v) is 4.06. The van der Waals surface area contributed by atoms with Gasteiger partial charge in [0.15, 0.2) is 0 Å². The molecule has 0 bridgehead atoms. The standard InChI is InChI=1S/C28H41N3O2/c1-20(2)24-12-11-13-25(21(3)4)27(24)31(6)23-17-15-22(16-18-23)28(33)30-19-10-8-7-9-14-26(32)29-5/h11-13,15-18,20-21H,7-10,14,19H2,1-6H3,(H,29,32)(H,30,33). The highest BCUT2D eigenvalue weighted by molar-refractivity contribution is 5.94. The fraction of sp³-hybridized carbons (Fsp3) is 0.500. The van der Waals surface area contributed by atoms with Gasteiger partial charge >= 0.3 is 0 Å². The SMILES string of the molecule is CNC(=O)CCCCCCNC(=O)c1ccc(N(C)c2c(C(C)C)cccc2C(C)C)cc1. The molecule has 0 aliphatic heterocycles. The van der Waals surface area contributed by atoms with Gasteiger partial charge in [-0.05, 0) is 60.1 Å². The molecule has 2 amide bonds. The van der Waals surface area contributed by atoms with Crippen LogP contribution in [-0.2, 0) is 4.79 Å². The number of rotatable bonds is 12. The van der Waals surface area contributed by atoms with E-state index in [1.54, 1.807) is 7.05 Å². The number of para-hydroxylation sites is 1. The summed E-state index contributed by atoms with van der Waals surface area (Å²) in [7, 11) is 3.77. The summed E-state index contributed by atoms with van der Waals surface area (Å²) < 4.78 is 0. The normalized spacial score (nSPS) is 11.0. The van der Waals surface area contributed by atoms with Gasteiger partial charge in [-0.1, -0.05) is 58.7 Å². The van der Waals surface area contributed by atoms with Crippen molar-refractivity contribution in [1.29, 1.82) is 0 Å².